The Morgan fingerprint density at radius 2 is 1.61 bits per heavy atom. The summed E-state index contributed by atoms with van der Waals surface area (Å²) >= 11 is 0. The minimum atomic E-state index is -0.487. The maximum atomic E-state index is 12.2. The summed E-state index contributed by atoms with van der Waals surface area (Å²) in [5, 5.41) is 2.35. The van der Waals surface area contributed by atoms with Crippen molar-refractivity contribution in [3.05, 3.63) is 89.5 Å². The Labute approximate surface area is 167 Å². The van der Waals surface area contributed by atoms with E-state index in [1.165, 1.54) is 21.9 Å². The van der Waals surface area contributed by atoms with Crippen LogP contribution in [0.15, 0.2) is 72.8 Å². The quantitative estimate of drug-likeness (QED) is 0.371. The summed E-state index contributed by atoms with van der Waals surface area (Å²) in [6.45, 7) is 5.64. The molecule has 3 aromatic carbocycles. The van der Waals surface area contributed by atoms with Crippen LogP contribution in [-0.2, 0) is 22.4 Å². The van der Waals surface area contributed by atoms with E-state index in [0.29, 0.717) is 0 Å². The van der Waals surface area contributed by atoms with Gasteiger partial charge in [0.1, 0.15) is 5.60 Å². The van der Waals surface area contributed by atoms with Crippen LogP contribution in [0.3, 0.4) is 0 Å². The number of rotatable bonds is 6. The molecule has 0 saturated carbocycles. The van der Waals surface area contributed by atoms with Crippen LogP contribution in [0.4, 0.5) is 0 Å². The van der Waals surface area contributed by atoms with Crippen molar-refractivity contribution in [2.45, 2.75) is 45.6 Å². The van der Waals surface area contributed by atoms with Crippen LogP contribution in [0, 0.1) is 0 Å². The van der Waals surface area contributed by atoms with Crippen LogP contribution < -0.4 is 0 Å². The monoisotopic (exact) mass is 372 g/mol. The maximum absolute atomic E-state index is 12.2. The molecule has 3 rings (SSSR count). The van der Waals surface area contributed by atoms with Gasteiger partial charge >= 0.3 is 5.97 Å². The van der Waals surface area contributed by atoms with E-state index in [1.54, 1.807) is 6.08 Å². The molecule has 2 nitrogen and oxygen atoms in total. The number of ether oxygens (including phenoxy) is 1. The lowest BCUT2D eigenvalue weighted by Crippen LogP contribution is -2.22. The number of hydrogen-bond donors (Lipinski definition) is 0. The van der Waals surface area contributed by atoms with Crippen LogP contribution in [0.25, 0.3) is 16.8 Å². The van der Waals surface area contributed by atoms with E-state index in [2.05, 4.69) is 48.5 Å². The van der Waals surface area contributed by atoms with E-state index in [4.69, 9.17) is 4.74 Å². The van der Waals surface area contributed by atoms with Gasteiger partial charge in [0.2, 0.25) is 0 Å². The van der Waals surface area contributed by atoms with Gasteiger partial charge in [0.25, 0.3) is 0 Å². The molecule has 0 fully saturated rings. The number of benzene rings is 3. The third-order valence-electron chi connectivity index (χ3n) is 4.61. The molecule has 0 N–H and O–H groups in total. The highest BCUT2D eigenvalue weighted by Gasteiger charge is 2.14. The number of fused-ring (bicyclic) bond motifs is 1. The van der Waals surface area contributed by atoms with E-state index in [1.807, 2.05) is 45.0 Å². The van der Waals surface area contributed by atoms with Crippen molar-refractivity contribution in [1.29, 1.82) is 0 Å². The minimum absolute atomic E-state index is 0.310. The molecule has 0 heterocycles. The van der Waals surface area contributed by atoms with Crippen molar-refractivity contribution in [3.8, 4) is 0 Å². The minimum Gasteiger partial charge on any atom is -0.457 e. The second kappa shape index (κ2) is 8.88. The zero-order valence-corrected chi connectivity index (χ0v) is 16.9. The number of carbonyl (C=O) groups is 1. The van der Waals surface area contributed by atoms with Crippen LogP contribution in [0.2, 0.25) is 0 Å². The molecule has 0 aliphatic rings. The molecule has 0 atom stereocenters. The van der Waals surface area contributed by atoms with Crippen molar-refractivity contribution >= 4 is 22.8 Å². The first-order valence-electron chi connectivity index (χ1n) is 9.88. The van der Waals surface area contributed by atoms with Crippen LogP contribution >= 0.6 is 0 Å². The van der Waals surface area contributed by atoms with Crippen molar-refractivity contribution in [2.24, 2.45) is 0 Å². The van der Waals surface area contributed by atoms with Gasteiger partial charge < -0.3 is 4.74 Å². The fraction of sp³-hybridized carbons (Fsp3) is 0.269. The number of aryl methyl sites for hydroxylation is 2. The van der Waals surface area contributed by atoms with E-state index in [9.17, 15) is 4.79 Å². The molecule has 3 aromatic rings. The lowest BCUT2D eigenvalue weighted by molar-refractivity contribution is -0.148. The highest BCUT2D eigenvalue weighted by Crippen LogP contribution is 2.25. The van der Waals surface area contributed by atoms with Crippen LogP contribution in [0.1, 0.15) is 43.9 Å². The molecule has 0 radical (unpaired) electrons. The van der Waals surface area contributed by atoms with Crippen molar-refractivity contribution in [3.63, 3.8) is 0 Å². The van der Waals surface area contributed by atoms with E-state index < -0.39 is 5.60 Å². The largest absolute Gasteiger partial charge is 0.457 e. The van der Waals surface area contributed by atoms with Crippen molar-refractivity contribution < 1.29 is 9.53 Å². The molecule has 0 aromatic heterocycles. The Morgan fingerprint density at radius 1 is 0.893 bits per heavy atom. The Morgan fingerprint density at radius 3 is 2.36 bits per heavy atom. The summed E-state index contributed by atoms with van der Waals surface area (Å²) < 4.78 is 5.42. The fourth-order valence-corrected chi connectivity index (χ4v) is 3.37. The van der Waals surface area contributed by atoms with Crippen molar-refractivity contribution in [2.75, 3.05) is 0 Å². The summed E-state index contributed by atoms with van der Waals surface area (Å²) in [5.74, 6) is -0.310. The van der Waals surface area contributed by atoms with Gasteiger partial charge in [-0.1, -0.05) is 66.7 Å². The molecule has 0 unspecified atom stereocenters. The van der Waals surface area contributed by atoms with Gasteiger partial charge in [-0.2, -0.15) is 0 Å². The highest BCUT2D eigenvalue weighted by atomic mass is 16.6. The van der Waals surface area contributed by atoms with Gasteiger partial charge in [-0.3, -0.25) is 0 Å². The predicted octanol–water partition coefficient (Wildman–Crippen LogP) is 6.37. The van der Waals surface area contributed by atoms with Gasteiger partial charge in [0, 0.05) is 6.08 Å². The molecule has 0 spiro atoms. The molecule has 0 bridgehead atoms. The summed E-state index contributed by atoms with van der Waals surface area (Å²) in [6.07, 6.45) is 6.54. The first-order chi connectivity index (χ1) is 13.4. The highest BCUT2D eigenvalue weighted by molar-refractivity contribution is 5.96. The van der Waals surface area contributed by atoms with Gasteiger partial charge in [-0.05, 0) is 73.6 Å². The zero-order valence-electron chi connectivity index (χ0n) is 16.9. The normalized spacial score (nSPS) is 11.8. The Balaban J connectivity index is 1.83. The van der Waals surface area contributed by atoms with Crippen molar-refractivity contribution in [1.82, 2.24) is 0 Å². The molecule has 0 saturated heterocycles. The number of carbonyl (C=O) groups excluding carboxylic acids is 1. The molecule has 2 heteroatoms. The van der Waals surface area contributed by atoms with Gasteiger partial charge in [0.15, 0.2) is 0 Å². The van der Waals surface area contributed by atoms with E-state index >= 15 is 0 Å². The number of hydrogen-bond acceptors (Lipinski definition) is 2. The number of esters is 1. The lowest BCUT2D eigenvalue weighted by Gasteiger charge is -2.18. The summed E-state index contributed by atoms with van der Waals surface area (Å²) in [5.41, 5.74) is 3.24. The SMILES string of the molecule is CC(C)(C)OC(=O)/C=C/c1c(CCCc2ccccc2)ccc2ccccc12. The summed E-state index contributed by atoms with van der Waals surface area (Å²) in [7, 11) is 0. The molecule has 144 valence electrons. The third-order valence-corrected chi connectivity index (χ3v) is 4.61. The molecule has 0 aliphatic heterocycles. The van der Waals surface area contributed by atoms with Gasteiger partial charge in [-0.25, -0.2) is 4.79 Å². The molecule has 0 aliphatic carbocycles. The Bertz CT molecular complexity index is 963. The van der Waals surface area contributed by atoms with E-state index in [0.717, 1.165) is 24.8 Å². The van der Waals surface area contributed by atoms with Crippen LogP contribution in [0.5, 0.6) is 0 Å². The molecular weight excluding hydrogens is 344 g/mol. The third kappa shape index (κ3) is 5.56. The average molecular weight is 373 g/mol. The standard InChI is InChI=1S/C26H28O2/c1-26(2,3)28-25(27)19-18-24-22(14-9-12-20-10-5-4-6-11-20)17-16-21-13-7-8-15-23(21)24/h4-8,10-11,13,15-19H,9,12,14H2,1-3H3/b19-18+. The average Bonchev–Trinajstić information content (AvgIpc) is 2.66. The second-order valence-corrected chi connectivity index (χ2v) is 8.07. The summed E-state index contributed by atoms with van der Waals surface area (Å²) in [6, 6.07) is 23.2. The Kier molecular flexibility index (Phi) is 6.30. The van der Waals surface area contributed by atoms with Gasteiger partial charge in [0.05, 0.1) is 0 Å². The lowest BCUT2D eigenvalue weighted by atomic mass is 9.94. The molecule has 0 amide bonds. The summed E-state index contributed by atoms with van der Waals surface area (Å²) in [4.78, 5) is 12.2. The first-order valence-corrected chi connectivity index (χ1v) is 9.88. The fourth-order valence-electron chi connectivity index (χ4n) is 3.37. The molecule has 28 heavy (non-hydrogen) atoms. The zero-order chi connectivity index (χ0) is 20.0. The molecular formula is C26H28O2. The Hall–Kier alpha value is -2.87. The van der Waals surface area contributed by atoms with E-state index in [-0.39, 0.29) is 5.97 Å². The van der Waals surface area contributed by atoms with Gasteiger partial charge in [-0.15, -0.1) is 0 Å². The maximum Gasteiger partial charge on any atom is 0.331 e. The van der Waals surface area contributed by atoms with Crippen LogP contribution in [-0.4, -0.2) is 11.6 Å². The first kappa shape index (κ1) is 19.9. The predicted molar refractivity (Wildman–Crippen MR) is 117 cm³/mol. The smallest absolute Gasteiger partial charge is 0.331 e. The second-order valence-electron chi connectivity index (χ2n) is 8.07. The topological polar surface area (TPSA) is 26.3 Å².